The predicted molar refractivity (Wildman–Crippen MR) is 107 cm³/mol. The lowest BCUT2D eigenvalue weighted by atomic mass is 10.1. The molecule has 0 spiro atoms. The lowest BCUT2D eigenvalue weighted by Gasteiger charge is -2.08. The Hall–Kier alpha value is -3.45. The third-order valence-electron chi connectivity index (χ3n) is 4.45. The molecule has 0 fully saturated rings. The summed E-state index contributed by atoms with van der Waals surface area (Å²) in [4.78, 5) is 0. The first-order valence-electron chi connectivity index (χ1n) is 9.06. The number of benzene rings is 2. The molecule has 0 atom stereocenters. The molecule has 2 heterocycles. The lowest BCUT2D eigenvalue weighted by Crippen LogP contribution is -2.03. The van der Waals surface area contributed by atoms with Crippen LogP contribution in [0.2, 0.25) is 0 Å². The second kappa shape index (κ2) is 8.06. The van der Waals surface area contributed by atoms with E-state index in [2.05, 4.69) is 20.6 Å². The molecule has 0 saturated heterocycles. The second-order valence-corrected chi connectivity index (χ2v) is 6.43. The molecule has 0 aliphatic carbocycles. The lowest BCUT2D eigenvalue weighted by molar-refractivity contribution is 0.299. The van der Waals surface area contributed by atoms with E-state index in [9.17, 15) is 0 Å². The van der Waals surface area contributed by atoms with E-state index in [-0.39, 0.29) is 6.61 Å². The fourth-order valence-electron chi connectivity index (χ4n) is 3.02. The van der Waals surface area contributed by atoms with Crippen LogP contribution >= 0.6 is 0 Å². The fraction of sp³-hybridized carbons (Fsp3) is 0.190. The highest BCUT2D eigenvalue weighted by Crippen LogP contribution is 2.18. The Morgan fingerprint density at radius 1 is 1.00 bits per heavy atom. The average Bonchev–Trinajstić information content (AvgIpc) is 3.11. The van der Waals surface area contributed by atoms with Gasteiger partial charge in [-0.25, -0.2) is 0 Å². The highest BCUT2D eigenvalue weighted by atomic mass is 16.5. The summed E-state index contributed by atoms with van der Waals surface area (Å²) in [5.74, 6) is 2.28. The maximum atomic E-state index is 9.12. The van der Waals surface area contributed by atoms with Crippen LogP contribution in [0.5, 0.6) is 5.75 Å². The maximum absolute atomic E-state index is 9.12. The smallest absolute Gasteiger partial charge is 0.178 e. The predicted octanol–water partition coefficient (Wildman–Crippen LogP) is 3.00. The van der Waals surface area contributed by atoms with Crippen LogP contribution in [0.3, 0.4) is 0 Å². The summed E-state index contributed by atoms with van der Waals surface area (Å²) in [6.45, 7) is 0.128. The minimum Gasteiger partial charge on any atom is -0.497 e. The number of nitrogens with zero attached hydrogens (tertiary/aromatic N) is 4. The van der Waals surface area contributed by atoms with Crippen LogP contribution in [-0.4, -0.2) is 38.6 Å². The number of aromatic nitrogens is 4. The Balaban J connectivity index is 1.57. The van der Waals surface area contributed by atoms with E-state index in [0.29, 0.717) is 24.3 Å². The topological polar surface area (TPSA) is 84.6 Å². The summed E-state index contributed by atoms with van der Waals surface area (Å²) >= 11 is 0. The summed E-state index contributed by atoms with van der Waals surface area (Å²) in [5, 5.41) is 25.6. The number of ether oxygens (including phenoxy) is 1. The number of rotatable bonds is 7. The van der Waals surface area contributed by atoms with Crippen LogP contribution in [0.15, 0.2) is 60.7 Å². The third-order valence-corrected chi connectivity index (χ3v) is 4.45. The van der Waals surface area contributed by atoms with Crippen molar-refractivity contribution in [3.63, 3.8) is 0 Å². The molecule has 0 aliphatic rings. The molecule has 4 rings (SSSR count). The van der Waals surface area contributed by atoms with Crippen molar-refractivity contribution in [3.05, 3.63) is 77.6 Å². The van der Waals surface area contributed by atoms with Gasteiger partial charge in [-0.15, -0.1) is 15.3 Å². The van der Waals surface area contributed by atoms with Crippen molar-refractivity contribution in [2.75, 3.05) is 19.0 Å². The van der Waals surface area contributed by atoms with Gasteiger partial charge in [0.2, 0.25) is 0 Å². The number of fused-ring (bicyclic) bond motifs is 1. The van der Waals surface area contributed by atoms with E-state index in [0.717, 1.165) is 28.4 Å². The highest BCUT2D eigenvalue weighted by molar-refractivity contribution is 5.58. The van der Waals surface area contributed by atoms with Crippen LogP contribution in [0.25, 0.3) is 5.65 Å². The largest absolute Gasteiger partial charge is 0.497 e. The van der Waals surface area contributed by atoms with Gasteiger partial charge < -0.3 is 15.2 Å². The van der Waals surface area contributed by atoms with Crippen LogP contribution in [0, 0.1) is 0 Å². The Labute approximate surface area is 162 Å². The zero-order valence-electron chi connectivity index (χ0n) is 15.5. The van der Waals surface area contributed by atoms with Gasteiger partial charge in [-0.1, -0.05) is 24.3 Å². The number of anilines is 2. The Bertz CT molecular complexity index is 1080. The second-order valence-electron chi connectivity index (χ2n) is 6.43. The molecule has 0 radical (unpaired) electrons. The van der Waals surface area contributed by atoms with Crippen molar-refractivity contribution in [1.82, 2.24) is 19.8 Å². The van der Waals surface area contributed by atoms with Crippen molar-refractivity contribution in [1.29, 1.82) is 0 Å². The molecule has 0 amide bonds. The normalized spacial score (nSPS) is 10.9. The van der Waals surface area contributed by atoms with E-state index in [1.807, 2.05) is 60.7 Å². The van der Waals surface area contributed by atoms with E-state index in [1.165, 1.54) is 0 Å². The van der Waals surface area contributed by atoms with Crippen LogP contribution < -0.4 is 10.1 Å². The summed E-state index contributed by atoms with van der Waals surface area (Å²) in [6.07, 6.45) is 1.24. The first-order chi connectivity index (χ1) is 13.7. The molecule has 4 aromatic rings. The van der Waals surface area contributed by atoms with Crippen molar-refractivity contribution < 1.29 is 9.84 Å². The number of hydrogen-bond donors (Lipinski definition) is 2. The first kappa shape index (κ1) is 17.9. The van der Waals surface area contributed by atoms with Crippen molar-refractivity contribution >= 4 is 17.2 Å². The molecule has 0 unspecified atom stereocenters. The zero-order chi connectivity index (χ0) is 19.3. The number of aliphatic hydroxyl groups is 1. The SMILES string of the molecule is COc1ccc(Cc2nnc3ccc(Nc4cccc(CCO)c4)nn23)cc1. The van der Waals surface area contributed by atoms with Gasteiger partial charge in [0.05, 0.1) is 7.11 Å². The van der Waals surface area contributed by atoms with Crippen LogP contribution in [0.1, 0.15) is 17.0 Å². The van der Waals surface area contributed by atoms with Crippen molar-refractivity contribution in [2.45, 2.75) is 12.8 Å². The minimum absolute atomic E-state index is 0.128. The molecular formula is C21H21N5O2. The average molecular weight is 375 g/mol. The summed E-state index contributed by atoms with van der Waals surface area (Å²) < 4.78 is 6.96. The van der Waals surface area contributed by atoms with E-state index < -0.39 is 0 Å². The van der Waals surface area contributed by atoms with Crippen LogP contribution in [-0.2, 0) is 12.8 Å². The molecule has 142 valence electrons. The van der Waals surface area contributed by atoms with E-state index >= 15 is 0 Å². The van der Waals surface area contributed by atoms with E-state index in [4.69, 9.17) is 9.84 Å². The summed E-state index contributed by atoms with van der Waals surface area (Å²) in [6, 6.07) is 19.6. The van der Waals surface area contributed by atoms with Gasteiger partial charge in [0, 0.05) is 18.7 Å². The van der Waals surface area contributed by atoms with Crippen LogP contribution in [0.4, 0.5) is 11.5 Å². The maximum Gasteiger partial charge on any atom is 0.178 e. The zero-order valence-corrected chi connectivity index (χ0v) is 15.5. The Morgan fingerprint density at radius 2 is 1.86 bits per heavy atom. The summed E-state index contributed by atoms with van der Waals surface area (Å²) in [5.41, 5.74) is 3.79. The van der Waals surface area contributed by atoms with Gasteiger partial charge >= 0.3 is 0 Å². The monoisotopic (exact) mass is 375 g/mol. The first-order valence-corrected chi connectivity index (χ1v) is 9.06. The highest BCUT2D eigenvalue weighted by Gasteiger charge is 2.09. The summed E-state index contributed by atoms with van der Waals surface area (Å²) in [7, 11) is 1.65. The van der Waals surface area contributed by atoms with Gasteiger partial charge in [0.25, 0.3) is 0 Å². The van der Waals surface area contributed by atoms with Crippen molar-refractivity contribution in [3.8, 4) is 5.75 Å². The quantitative estimate of drug-likeness (QED) is 0.517. The van der Waals surface area contributed by atoms with Gasteiger partial charge in [-0.3, -0.25) is 0 Å². The molecule has 2 aromatic heterocycles. The van der Waals surface area contributed by atoms with Gasteiger partial charge in [-0.2, -0.15) is 4.52 Å². The number of aliphatic hydroxyl groups excluding tert-OH is 1. The molecule has 7 nitrogen and oxygen atoms in total. The molecule has 0 bridgehead atoms. The number of nitrogens with one attached hydrogen (secondary N) is 1. The minimum atomic E-state index is 0.128. The Kier molecular flexibility index (Phi) is 5.16. The van der Waals surface area contributed by atoms with Crippen molar-refractivity contribution in [2.24, 2.45) is 0 Å². The molecule has 7 heteroatoms. The number of hydrogen-bond acceptors (Lipinski definition) is 6. The molecule has 0 saturated carbocycles. The Morgan fingerprint density at radius 3 is 2.64 bits per heavy atom. The van der Waals surface area contributed by atoms with E-state index in [1.54, 1.807) is 11.6 Å². The van der Waals surface area contributed by atoms with Gasteiger partial charge in [0.1, 0.15) is 5.75 Å². The molecule has 0 aliphatic heterocycles. The molecule has 2 N–H and O–H groups in total. The number of methoxy groups -OCH3 is 1. The van der Waals surface area contributed by atoms with Gasteiger partial charge in [-0.05, 0) is 53.9 Å². The standard InChI is InChI=1S/C21H21N5O2/c1-28-18-7-5-16(6-8-18)14-21-24-23-20-10-9-19(25-26(20)21)22-17-4-2-3-15(13-17)11-12-27/h2-10,13,27H,11-12,14H2,1H3,(H,22,25). The molecular weight excluding hydrogens is 354 g/mol. The third kappa shape index (κ3) is 3.94. The van der Waals surface area contributed by atoms with Gasteiger partial charge in [0.15, 0.2) is 17.3 Å². The molecule has 2 aromatic carbocycles. The molecule has 28 heavy (non-hydrogen) atoms. The fourth-order valence-corrected chi connectivity index (χ4v) is 3.02.